The van der Waals surface area contributed by atoms with Crippen molar-refractivity contribution in [2.75, 3.05) is 5.32 Å². The van der Waals surface area contributed by atoms with Crippen molar-refractivity contribution >= 4 is 27.5 Å². The van der Waals surface area contributed by atoms with Crippen LogP contribution in [0.15, 0.2) is 41.1 Å². The molecular formula is C13H7BrF4N2O. The van der Waals surface area contributed by atoms with Crippen LogP contribution in [0.2, 0.25) is 0 Å². The molecule has 3 nitrogen and oxygen atoms in total. The van der Waals surface area contributed by atoms with Gasteiger partial charge in [-0.05, 0) is 40.2 Å². The second-order valence-corrected chi connectivity index (χ2v) is 4.95. The Morgan fingerprint density at radius 1 is 1.19 bits per heavy atom. The molecule has 0 unspecified atom stereocenters. The lowest BCUT2D eigenvalue weighted by Gasteiger charge is -2.11. The van der Waals surface area contributed by atoms with Crippen LogP contribution in [-0.2, 0) is 6.18 Å². The van der Waals surface area contributed by atoms with E-state index in [1.807, 2.05) is 0 Å². The maximum absolute atomic E-state index is 13.1. The van der Waals surface area contributed by atoms with Gasteiger partial charge >= 0.3 is 6.18 Å². The molecule has 1 aromatic heterocycles. The summed E-state index contributed by atoms with van der Waals surface area (Å²) in [6, 6.07) is 3.70. The van der Waals surface area contributed by atoms with Gasteiger partial charge < -0.3 is 5.32 Å². The highest BCUT2D eigenvalue weighted by molar-refractivity contribution is 9.10. The van der Waals surface area contributed by atoms with Gasteiger partial charge in [0, 0.05) is 22.6 Å². The normalized spacial score (nSPS) is 11.3. The summed E-state index contributed by atoms with van der Waals surface area (Å²) in [4.78, 5) is 15.6. The third-order valence-electron chi connectivity index (χ3n) is 2.50. The van der Waals surface area contributed by atoms with Crippen LogP contribution in [0.25, 0.3) is 0 Å². The first-order chi connectivity index (χ1) is 9.77. The summed E-state index contributed by atoms with van der Waals surface area (Å²) >= 11 is 3.12. The fraction of sp³-hybridized carbons (Fsp3) is 0.0769. The molecule has 21 heavy (non-hydrogen) atoms. The summed E-state index contributed by atoms with van der Waals surface area (Å²) in [6.07, 6.45) is -2.12. The number of hydrogen-bond donors (Lipinski definition) is 1. The molecule has 2 rings (SSSR count). The van der Waals surface area contributed by atoms with Gasteiger partial charge in [0.2, 0.25) is 0 Å². The van der Waals surface area contributed by atoms with Gasteiger partial charge in [0.15, 0.2) is 0 Å². The Morgan fingerprint density at radius 3 is 2.52 bits per heavy atom. The Morgan fingerprint density at radius 2 is 1.90 bits per heavy atom. The minimum Gasteiger partial charge on any atom is -0.322 e. The Kier molecular flexibility index (Phi) is 4.26. The topological polar surface area (TPSA) is 42.0 Å². The molecule has 1 amide bonds. The van der Waals surface area contributed by atoms with E-state index in [-0.39, 0.29) is 11.3 Å². The molecule has 0 aliphatic carbocycles. The number of halogens is 5. The molecule has 0 fully saturated rings. The van der Waals surface area contributed by atoms with Crippen molar-refractivity contribution in [3.8, 4) is 0 Å². The number of pyridine rings is 1. The largest absolute Gasteiger partial charge is 0.419 e. The number of benzene rings is 1. The summed E-state index contributed by atoms with van der Waals surface area (Å²) < 4.78 is 51.4. The lowest BCUT2D eigenvalue weighted by molar-refractivity contribution is -0.139. The van der Waals surface area contributed by atoms with Crippen molar-refractivity contribution < 1.29 is 22.4 Å². The number of rotatable bonds is 2. The Bertz CT molecular complexity index is 688. The van der Waals surface area contributed by atoms with Crippen LogP contribution in [0.3, 0.4) is 0 Å². The third-order valence-corrected chi connectivity index (χ3v) is 2.93. The Labute approximate surface area is 125 Å². The van der Waals surface area contributed by atoms with Gasteiger partial charge in [-0.1, -0.05) is 0 Å². The van der Waals surface area contributed by atoms with Crippen molar-refractivity contribution in [3.63, 3.8) is 0 Å². The highest BCUT2D eigenvalue weighted by Gasteiger charge is 2.34. The fourth-order valence-corrected chi connectivity index (χ4v) is 1.92. The number of nitrogens with one attached hydrogen (secondary N) is 1. The lowest BCUT2D eigenvalue weighted by atomic mass is 10.1. The maximum Gasteiger partial charge on any atom is 0.419 e. The first kappa shape index (κ1) is 15.4. The van der Waals surface area contributed by atoms with Gasteiger partial charge in [-0.15, -0.1) is 0 Å². The van der Waals surface area contributed by atoms with Crippen LogP contribution in [0.4, 0.5) is 23.2 Å². The van der Waals surface area contributed by atoms with E-state index < -0.39 is 23.5 Å². The predicted octanol–water partition coefficient (Wildman–Crippen LogP) is 4.25. The van der Waals surface area contributed by atoms with E-state index in [0.29, 0.717) is 16.6 Å². The highest BCUT2D eigenvalue weighted by atomic mass is 79.9. The number of carbonyl (C=O) groups excluding carboxylic acids is 1. The van der Waals surface area contributed by atoms with E-state index in [2.05, 4.69) is 26.2 Å². The van der Waals surface area contributed by atoms with Gasteiger partial charge in [0.25, 0.3) is 5.91 Å². The summed E-state index contributed by atoms with van der Waals surface area (Å²) in [5.41, 5.74) is -1.44. The highest BCUT2D eigenvalue weighted by Crippen LogP contribution is 2.33. The molecule has 0 spiro atoms. The number of carbonyl (C=O) groups is 1. The summed E-state index contributed by atoms with van der Waals surface area (Å²) in [5.74, 6) is -2.05. The van der Waals surface area contributed by atoms with E-state index >= 15 is 0 Å². The van der Waals surface area contributed by atoms with Crippen LogP contribution in [0, 0.1) is 5.82 Å². The molecule has 0 aliphatic heterocycles. The zero-order valence-corrected chi connectivity index (χ0v) is 11.8. The molecule has 0 saturated carbocycles. The van der Waals surface area contributed by atoms with Crippen molar-refractivity contribution in [1.82, 2.24) is 4.98 Å². The first-order valence-corrected chi connectivity index (χ1v) is 6.35. The van der Waals surface area contributed by atoms with E-state index in [0.717, 1.165) is 6.07 Å². The Hall–Kier alpha value is -1.96. The standard InChI is InChI=1S/C13H7BrF4N2O/c14-8-3-7(5-19-6-8)12(21)20-9-1-2-11(15)10(4-9)13(16,17)18/h1-6H,(H,20,21). The minimum absolute atomic E-state index is 0.155. The van der Waals surface area contributed by atoms with Gasteiger partial charge in [0.1, 0.15) is 5.82 Å². The van der Waals surface area contributed by atoms with Gasteiger partial charge in [0.05, 0.1) is 11.1 Å². The molecule has 1 aromatic carbocycles. The summed E-state index contributed by atoms with van der Waals surface area (Å²) in [5, 5.41) is 2.26. The van der Waals surface area contributed by atoms with Crippen molar-refractivity contribution in [2.45, 2.75) is 6.18 Å². The lowest BCUT2D eigenvalue weighted by Crippen LogP contribution is -2.14. The minimum atomic E-state index is -4.83. The SMILES string of the molecule is O=C(Nc1ccc(F)c(C(F)(F)F)c1)c1cncc(Br)c1. The second-order valence-electron chi connectivity index (χ2n) is 4.04. The van der Waals surface area contributed by atoms with E-state index in [1.165, 1.54) is 18.5 Å². The molecule has 0 bridgehead atoms. The molecule has 2 aromatic rings. The van der Waals surface area contributed by atoms with Crippen molar-refractivity contribution in [2.24, 2.45) is 0 Å². The predicted molar refractivity (Wildman–Crippen MR) is 71.3 cm³/mol. The third kappa shape index (κ3) is 3.78. The van der Waals surface area contributed by atoms with Gasteiger partial charge in [-0.2, -0.15) is 13.2 Å². The van der Waals surface area contributed by atoms with Gasteiger partial charge in [-0.25, -0.2) is 4.39 Å². The molecular weight excluding hydrogens is 356 g/mol. The number of amides is 1. The summed E-state index contributed by atoms with van der Waals surface area (Å²) in [6.45, 7) is 0. The zero-order valence-electron chi connectivity index (χ0n) is 10.2. The van der Waals surface area contributed by atoms with E-state index in [1.54, 1.807) is 0 Å². The van der Waals surface area contributed by atoms with Gasteiger partial charge in [-0.3, -0.25) is 9.78 Å². The van der Waals surface area contributed by atoms with Crippen molar-refractivity contribution in [1.29, 1.82) is 0 Å². The monoisotopic (exact) mass is 362 g/mol. The smallest absolute Gasteiger partial charge is 0.322 e. The molecule has 0 saturated heterocycles. The van der Waals surface area contributed by atoms with Crippen LogP contribution >= 0.6 is 15.9 Å². The number of anilines is 1. The van der Waals surface area contributed by atoms with E-state index in [9.17, 15) is 22.4 Å². The number of alkyl halides is 3. The maximum atomic E-state index is 13.1. The fourth-order valence-electron chi connectivity index (χ4n) is 1.56. The molecule has 0 atom stereocenters. The molecule has 1 N–H and O–H groups in total. The van der Waals surface area contributed by atoms with Crippen LogP contribution in [0.5, 0.6) is 0 Å². The zero-order chi connectivity index (χ0) is 15.6. The van der Waals surface area contributed by atoms with E-state index in [4.69, 9.17) is 0 Å². The number of nitrogens with zero attached hydrogens (tertiary/aromatic N) is 1. The molecule has 8 heteroatoms. The van der Waals surface area contributed by atoms with Crippen LogP contribution in [-0.4, -0.2) is 10.9 Å². The average molecular weight is 363 g/mol. The molecule has 1 heterocycles. The van der Waals surface area contributed by atoms with Crippen molar-refractivity contribution in [3.05, 3.63) is 58.1 Å². The Balaban J connectivity index is 2.26. The second kappa shape index (κ2) is 5.80. The summed E-state index contributed by atoms with van der Waals surface area (Å²) in [7, 11) is 0. The number of hydrogen-bond acceptors (Lipinski definition) is 2. The molecule has 110 valence electrons. The quantitative estimate of drug-likeness (QED) is 0.811. The van der Waals surface area contributed by atoms with Crippen LogP contribution < -0.4 is 5.32 Å². The average Bonchev–Trinajstić information content (AvgIpc) is 2.39. The van der Waals surface area contributed by atoms with Crippen LogP contribution in [0.1, 0.15) is 15.9 Å². The molecule has 0 aliphatic rings. The first-order valence-electron chi connectivity index (χ1n) is 5.56. The number of aromatic nitrogens is 1. The molecule has 0 radical (unpaired) electrons.